The van der Waals surface area contributed by atoms with Crippen molar-refractivity contribution in [2.24, 2.45) is 0 Å². The molecule has 0 spiro atoms. The van der Waals surface area contributed by atoms with Gasteiger partial charge in [0.2, 0.25) is 16.8 Å². The fourth-order valence-electron chi connectivity index (χ4n) is 3.30. The minimum Gasteiger partial charge on any atom is -0.454 e. The molecule has 2 aliphatic heterocycles. The first kappa shape index (κ1) is 18.8. The van der Waals surface area contributed by atoms with Crippen LogP contribution in [0.3, 0.4) is 0 Å². The van der Waals surface area contributed by atoms with Crippen LogP contribution in [0.25, 0.3) is 11.3 Å². The molecule has 0 unspecified atom stereocenters. The maximum atomic E-state index is 12.3. The van der Waals surface area contributed by atoms with E-state index in [0.29, 0.717) is 30.3 Å². The summed E-state index contributed by atoms with van der Waals surface area (Å²) in [7, 11) is -3.34. The number of H-pyrrole nitrogens is 1. The van der Waals surface area contributed by atoms with Gasteiger partial charge in [0.05, 0.1) is 11.4 Å². The molecule has 0 atom stereocenters. The van der Waals surface area contributed by atoms with E-state index >= 15 is 0 Å². The van der Waals surface area contributed by atoms with Crippen LogP contribution < -0.4 is 14.8 Å². The molecule has 0 radical (unpaired) electrons. The monoisotopic (exact) mass is 406 g/mol. The molecular weight excluding hydrogens is 384 g/mol. The van der Waals surface area contributed by atoms with Gasteiger partial charge in [-0.05, 0) is 37.1 Å². The number of hydrogen-bond acceptors (Lipinski definition) is 6. The number of fused-ring (bicyclic) bond motifs is 1. The van der Waals surface area contributed by atoms with Crippen LogP contribution in [-0.4, -0.2) is 61.0 Å². The molecule has 0 saturated carbocycles. The van der Waals surface area contributed by atoms with Crippen molar-refractivity contribution < 1.29 is 22.7 Å². The molecule has 2 aliphatic rings. The minimum atomic E-state index is -3.34. The fraction of sp³-hybridized carbons (Fsp3) is 0.444. The average Bonchev–Trinajstić information content (AvgIpc) is 3.37. The van der Waals surface area contributed by atoms with Gasteiger partial charge >= 0.3 is 0 Å². The highest BCUT2D eigenvalue weighted by molar-refractivity contribution is 7.89. The molecule has 1 aromatic heterocycles. The van der Waals surface area contributed by atoms with Crippen LogP contribution in [0, 0.1) is 0 Å². The number of amides is 1. The second-order valence-electron chi connectivity index (χ2n) is 6.77. The number of aromatic nitrogens is 2. The summed E-state index contributed by atoms with van der Waals surface area (Å²) in [5.74, 6) is 0.803. The SMILES string of the molecule is O=C(NCCS(=O)(=O)N1CCCCC1)c1cc(-c2ccc3c(c2)OCO3)n[nH]1. The lowest BCUT2D eigenvalue weighted by atomic mass is 10.1. The number of ether oxygens (including phenoxy) is 2. The Balaban J connectivity index is 1.34. The molecule has 1 fully saturated rings. The third kappa shape index (κ3) is 3.97. The Bertz CT molecular complexity index is 966. The van der Waals surface area contributed by atoms with Gasteiger partial charge in [0.15, 0.2) is 11.5 Å². The van der Waals surface area contributed by atoms with Gasteiger partial charge in [0.25, 0.3) is 5.91 Å². The molecule has 9 nitrogen and oxygen atoms in total. The van der Waals surface area contributed by atoms with Crippen LogP contribution in [0.2, 0.25) is 0 Å². The molecule has 4 rings (SSSR count). The second-order valence-corrected chi connectivity index (χ2v) is 8.85. The van der Waals surface area contributed by atoms with E-state index in [1.807, 2.05) is 6.07 Å². The molecule has 3 heterocycles. The number of hydrogen-bond donors (Lipinski definition) is 2. The van der Waals surface area contributed by atoms with Crippen molar-refractivity contribution in [1.29, 1.82) is 0 Å². The predicted molar refractivity (Wildman–Crippen MR) is 102 cm³/mol. The van der Waals surface area contributed by atoms with E-state index in [-0.39, 0.29) is 24.8 Å². The van der Waals surface area contributed by atoms with Gasteiger partial charge in [0.1, 0.15) is 5.69 Å². The number of aromatic amines is 1. The first-order valence-corrected chi connectivity index (χ1v) is 10.9. The van der Waals surface area contributed by atoms with Crippen molar-refractivity contribution in [3.63, 3.8) is 0 Å². The highest BCUT2D eigenvalue weighted by Gasteiger charge is 2.24. The smallest absolute Gasteiger partial charge is 0.269 e. The van der Waals surface area contributed by atoms with E-state index in [1.54, 1.807) is 18.2 Å². The molecule has 0 bridgehead atoms. The molecule has 2 aromatic rings. The highest BCUT2D eigenvalue weighted by atomic mass is 32.2. The number of sulfonamides is 1. The predicted octanol–water partition coefficient (Wildman–Crippen LogP) is 1.35. The van der Waals surface area contributed by atoms with Crippen LogP contribution in [0.15, 0.2) is 24.3 Å². The number of benzene rings is 1. The maximum Gasteiger partial charge on any atom is 0.269 e. The second kappa shape index (κ2) is 7.80. The summed E-state index contributed by atoms with van der Waals surface area (Å²) >= 11 is 0. The van der Waals surface area contributed by atoms with E-state index in [4.69, 9.17) is 9.47 Å². The third-order valence-corrected chi connectivity index (χ3v) is 6.72. The summed E-state index contributed by atoms with van der Waals surface area (Å²) in [5, 5.41) is 9.48. The summed E-state index contributed by atoms with van der Waals surface area (Å²) in [6.45, 7) is 1.37. The van der Waals surface area contributed by atoms with Gasteiger partial charge in [-0.1, -0.05) is 6.42 Å². The van der Waals surface area contributed by atoms with Crippen LogP contribution in [0.4, 0.5) is 0 Å². The molecule has 10 heteroatoms. The van der Waals surface area contributed by atoms with Gasteiger partial charge in [-0.15, -0.1) is 0 Å². The molecular formula is C18H22N4O5S. The topological polar surface area (TPSA) is 114 Å². The van der Waals surface area contributed by atoms with Gasteiger partial charge < -0.3 is 14.8 Å². The zero-order valence-electron chi connectivity index (χ0n) is 15.3. The van der Waals surface area contributed by atoms with E-state index in [2.05, 4.69) is 15.5 Å². The van der Waals surface area contributed by atoms with Crippen LogP contribution in [-0.2, 0) is 10.0 Å². The van der Waals surface area contributed by atoms with Crippen molar-refractivity contribution in [1.82, 2.24) is 19.8 Å². The Morgan fingerprint density at radius 1 is 1.14 bits per heavy atom. The van der Waals surface area contributed by atoms with Crippen molar-refractivity contribution in [3.8, 4) is 22.8 Å². The van der Waals surface area contributed by atoms with Crippen molar-refractivity contribution in [3.05, 3.63) is 30.0 Å². The van der Waals surface area contributed by atoms with Crippen LogP contribution in [0.1, 0.15) is 29.8 Å². The number of carbonyl (C=O) groups excluding carboxylic acids is 1. The summed E-state index contributed by atoms with van der Waals surface area (Å²) in [6.07, 6.45) is 2.85. The Hall–Kier alpha value is -2.59. The fourth-order valence-corrected chi connectivity index (χ4v) is 4.74. The molecule has 2 N–H and O–H groups in total. The van der Waals surface area contributed by atoms with E-state index in [0.717, 1.165) is 24.8 Å². The number of nitrogens with zero attached hydrogens (tertiary/aromatic N) is 2. The Morgan fingerprint density at radius 2 is 1.93 bits per heavy atom. The standard InChI is InChI=1S/C18H22N4O5S/c23-18(19-6-9-28(24,25)22-7-2-1-3-8-22)15-11-14(20-21-15)13-4-5-16-17(10-13)27-12-26-16/h4-5,10-11H,1-3,6-9,12H2,(H,19,23)(H,20,21). The van der Waals surface area contributed by atoms with Gasteiger partial charge in [-0.25, -0.2) is 12.7 Å². The van der Waals surface area contributed by atoms with Gasteiger partial charge in [-0.3, -0.25) is 9.89 Å². The van der Waals surface area contributed by atoms with Gasteiger partial charge in [-0.2, -0.15) is 5.10 Å². The zero-order valence-corrected chi connectivity index (χ0v) is 16.1. The van der Waals surface area contributed by atoms with Crippen LogP contribution >= 0.6 is 0 Å². The van der Waals surface area contributed by atoms with E-state index in [1.165, 1.54) is 4.31 Å². The molecule has 28 heavy (non-hydrogen) atoms. The first-order chi connectivity index (χ1) is 13.5. The van der Waals surface area contributed by atoms with Crippen LogP contribution in [0.5, 0.6) is 11.5 Å². The maximum absolute atomic E-state index is 12.3. The normalized spacial score (nSPS) is 16.9. The lowest BCUT2D eigenvalue weighted by Crippen LogP contribution is -2.40. The lowest BCUT2D eigenvalue weighted by Gasteiger charge is -2.25. The van der Waals surface area contributed by atoms with Crippen molar-refractivity contribution in [2.75, 3.05) is 32.2 Å². The molecule has 1 amide bonds. The minimum absolute atomic E-state index is 0.0516. The number of piperidine rings is 1. The summed E-state index contributed by atoms with van der Waals surface area (Å²) in [5.41, 5.74) is 1.64. The average molecular weight is 406 g/mol. The number of carbonyl (C=O) groups is 1. The van der Waals surface area contributed by atoms with E-state index in [9.17, 15) is 13.2 Å². The summed E-state index contributed by atoms with van der Waals surface area (Å²) < 4.78 is 36.8. The Morgan fingerprint density at radius 3 is 2.75 bits per heavy atom. The number of nitrogens with one attached hydrogen (secondary N) is 2. The highest BCUT2D eigenvalue weighted by Crippen LogP contribution is 2.35. The molecule has 1 saturated heterocycles. The Labute approximate surface area is 163 Å². The quantitative estimate of drug-likeness (QED) is 0.749. The largest absolute Gasteiger partial charge is 0.454 e. The number of rotatable bonds is 6. The summed E-state index contributed by atoms with van der Waals surface area (Å²) in [4.78, 5) is 12.3. The molecule has 1 aromatic carbocycles. The molecule has 0 aliphatic carbocycles. The molecule has 150 valence electrons. The van der Waals surface area contributed by atoms with Crippen molar-refractivity contribution in [2.45, 2.75) is 19.3 Å². The Kier molecular flexibility index (Phi) is 5.23. The summed E-state index contributed by atoms with van der Waals surface area (Å²) in [6, 6.07) is 7.03. The van der Waals surface area contributed by atoms with Crippen molar-refractivity contribution >= 4 is 15.9 Å². The lowest BCUT2D eigenvalue weighted by molar-refractivity contribution is 0.0951. The van der Waals surface area contributed by atoms with Gasteiger partial charge in [0, 0.05) is 25.2 Å². The van der Waals surface area contributed by atoms with E-state index < -0.39 is 15.9 Å². The first-order valence-electron chi connectivity index (χ1n) is 9.24. The third-order valence-electron chi connectivity index (χ3n) is 4.84. The zero-order chi connectivity index (χ0) is 19.6.